The van der Waals surface area contributed by atoms with Crippen molar-refractivity contribution in [2.45, 2.75) is 0 Å². The number of carbonyl (C=O) groups is 1. The van der Waals surface area contributed by atoms with E-state index in [2.05, 4.69) is 10.1 Å². The van der Waals surface area contributed by atoms with Gasteiger partial charge in [-0.1, -0.05) is 18.2 Å². The highest BCUT2D eigenvalue weighted by Crippen LogP contribution is 2.32. The number of anilines is 1. The van der Waals surface area contributed by atoms with Gasteiger partial charge < -0.3 is 24.6 Å². The minimum atomic E-state index is -1.69. The maximum absolute atomic E-state index is 15.6. The Morgan fingerprint density at radius 2 is 1.83 bits per heavy atom. The lowest BCUT2D eigenvalue weighted by Gasteiger charge is -2.30. The van der Waals surface area contributed by atoms with E-state index in [9.17, 15) is 14.0 Å². The number of benzene rings is 2. The zero-order valence-electron chi connectivity index (χ0n) is 15.2. The summed E-state index contributed by atoms with van der Waals surface area (Å²) in [6.45, 7) is 1.98. The van der Waals surface area contributed by atoms with Crippen LogP contribution in [0.25, 0.3) is 16.6 Å². The summed E-state index contributed by atoms with van der Waals surface area (Å²) in [5, 5.41) is 11.7. The van der Waals surface area contributed by atoms with E-state index in [1.54, 1.807) is 35.2 Å². The number of rotatable bonds is 3. The second kappa shape index (κ2) is 7.51. The maximum atomic E-state index is 15.6. The second-order valence-corrected chi connectivity index (χ2v) is 6.55. The molecular formula is C20H17F2N3O4. The van der Waals surface area contributed by atoms with Crippen LogP contribution >= 0.6 is 0 Å². The van der Waals surface area contributed by atoms with Crippen molar-refractivity contribution in [3.63, 3.8) is 0 Å². The molecule has 0 atom stereocenters. The normalized spacial score (nSPS) is 14.2. The summed E-state index contributed by atoms with van der Waals surface area (Å²) in [5.41, 5.74) is -0.799. The van der Waals surface area contributed by atoms with E-state index in [0.29, 0.717) is 31.9 Å². The van der Waals surface area contributed by atoms with Gasteiger partial charge in [0.25, 0.3) is 0 Å². The number of hydrogen-bond donors (Lipinski definition) is 2. The quantitative estimate of drug-likeness (QED) is 0.657. The highest BCUT2D eigenvalue weighted by molar-refractivity contribution is 5.87. The summed E-state index contributed by atoms with van der Waals surface area (Å²) in [6.07, 6.45) is -0.587. The van der Waals surface area contributed by atoms with Crippen LogP contribution in [0.4, 0.5) is 19.3 Å². The number of fused-ring (bicyclic) bond motifs is 1. The van der Waals surface area contributed by atoms with Crippen LogP contribution in [0.15, 0.2) is 47.4 Å². The molecule has 1 saturated heterocycles. The maximum Gasteiger partial charge on any atom is 0.511 e. The van der Waals surface area contributed by atoms with E-state index in [4.69, 9.17) is 5.11 Å². The van der Waals surface area contributed by atoms with Gasteiger partial charge in [0.05, 0.1) is 17.1 Å². The van der Waals surface area contributed by atoms with Crippen LogP contribution in [0.1, 0.15) is 0 Å². The third kappa shape index (κ3) is 3.40. The molecule has 2 aromatic carbocycles. The van der Waals surface area contributed by atoms with Gasteiger partial charge in [-0.15, -0.1) is 0 Å². The Labute approximate surface area is 163 Å². The van der Waals surface area contributed by atoms with Gasteiger partial charge in [-0.25, -0.2) is 13.6 Å². The van der Waals surface area contributed by atoms with E-state index >= 15 is 4.39 Å². The molecule has 9 heteroatoms. The second-order valence-electron chi connectivity index (χ2n) is 6.55. The van der Waals surface area contributed by atoms with Gasteiger partial charge in [0, 0.05) is 31.9 Å². The van der Waals surface area contributed by atoms with Gasteiger partial charge in [0.2, 0.25) is 5.43 Å². The first-order valence-electron chi connectivity index (χ1n) is 8.96. The van der Waals surface area contributed by atoms with E-state index < -0.39 is 29.0 Å². The van der Waals surface area contributed by atoms with Crippen LogP contribution in [0.2, 0.25) is 0 Å². The molecular weight excluding hydrogens is 384 g/mol. The number of aromatic nitrogens is 1. The lowest BCUT2D eigenvalue weighted by Crippen LogP contribution is -2.44. The summed E-state index contributed by atoms with van der Waals surface area (Å²) in [4.78, 5) is 25.2. The largest absolute Gasteiger partial charge is 0.511 e. The van der Waals surface area contributed by atoms with Crippen molar-refractivity contribution in [1.82, 2.24) is 9.88 Å². The zero-order chi connectivity index (χ0) is 20.5. The number of ether oxygens (including phenoxy) is 1. The smallest absolute Gasteiger partial charge is 0.449 e. The van der Waals surface area contributed by atoms with Gasteiger partial charge in [0.15, 0.2) is 11.6 Å². The first-order valence-corrected chi connectivity index (χ1v) is 8.96. The Morgan fingerprint density at radius 1 is 1.14 bits per heavy atom. The molecule has 29 heavy (non-hydrogen) atoms. The Bertz CT molecular complexity index is 1140. The minimum absolute atomic E-state index is 0.145. The fourth-order valence-electron chi connectivity index (χ4n) is 3.52. The molecule has 0 aliphatic carbocycles. The fraction of sp³-hybridized carbons (Fsp3) is 0.200. The molecule has 7 nitrogen and oxygen atoms in total. The molecule has 0 amide bonds. The van der Waals surface area contributed by atoms with Crippen molar-refractivity contribution in [3.8, 4) is 11.4 Å². The molecule has 1 aromatic heterocycles. The van der Waals surface area contributed by atoms with Gasteiger partial charge in [0.1, 0.15) is 11.5 Å². The summed E-state index contributed by atoms with van der Waals surface area (Å²) < 4.78 is 36.3. The highest BCUT2D eigenvalue weighted by Gasteiger charge is 2.25. The third-order valence-corrected chi connectivity index (χ3v) is 4.79. The molecule has 4 rings (SSSR count). The monoisotopic (exact) mass is 401 g/mol. The molecule has 1 aliphatic heterocycles. The van der Waals surface area contributed by atoms with Gasteiger partial charge >= 0.3 is 6.16 Å². The van der Waals surface area contributed by atoms with Crippen molar-refractivity contribution in [2.24, 2.45) is 0 Å². The molecule has 0 saturated carbocycles. The third-order valence-electron chi connectivity index (χ3n) is 4.79. The number of halogens is 2. The lowest BCUT2D eigenvalue weighted by atomic mass is 10.1. The Kier molecular flexibility index (Phi) is 4.89. The predicted molar refractivity (Wildman–Crippen MR) is 103 cm³/mol. The molecule has 150 valence electrons. The minimum Gasteiger partial charge on any atom is -0.449 e. The van der Waals surface area contributed by atoms with Crippen LogP contribution in [0, 0.1) is 11.6 Å². The Balaban J connectivity index is 2.05. The first-order chi connectivity index (χ1) is 14.0. The Morgan fingerprint density at radius 3 is 2.48 bits per heavy atom. The van der Waals surface area contributed by atoms with Crippen molar-refractivity contribution in [2.75, 3.05) is 31.1 Å². The number of hydrogen-bond acceptors (Lipinski definition) is 5. The van der Waals surface area contributed by atoms with Crippen molar-refractivity contribution in [1.29, 1.82) is 0 Å². The number of nitrogens with one attached hydrogen (secondary N) is 1. The lowest BCUT2D eigenvalue weighted by molar-refractivity contribution is 0.144. The van der Waals surface area contributed by atoms with Crippen molar-refractivity contribution < 1.29 is 23.4 Å². The molecule has 0 bridgehead atoms. The molecule has 0 spiro atoms. The van der Waals surface area contributed by atoms with Gasteiger partial charge in [-0.3, -0.25) is 4.79 Å². The number of carboxylic acid groups (broad SMARTS) is 1. The van der Waals surface area contributed by atoms with Gasteiger partial charge in [-0.2, -0.15) is 0 Å². The van der Waals surface area contributed by atoms with Crippen molar-refractivity contribution >= 4 is 22.7 Å². The van der Waals surface area contributed by atoms with Crippen LogP contribution in [0.5, 0.6) is 5.75 Å². The number of pyridine rings is 1. The zero-order valence-corrected chi connectivity index (χ0v) is 15.2. The summed E-state index contributed by atoms with van der Waals surface area (Å²) in [7, 11) is 0. The first kappa shape index (κ1) is 18.9. The average molecular weight is 401 g/mol. The molecule has 2 heterocycles. The number of nitrogens with zero attached hydrogens (tertiary/aromatic N) is 2. The molecule has 2 N–H and O–H groups in total. The predicted octanol–water partition coefficient (Wildman–Crippen LogP) is 2.74. The SMILES string of the molecule is O=C(O)Oc1cn(-c2ccccc2)c2c(F)c(N3CCNCC3)c(F)cc2c1=O. The highest BCUT2D eigenvalue weighted by atomic mass is 19.1. The molecule has 3 aromatic rings. The Hall–Kier alpha value is -3.46. The number of piperazine rings is 1. The van der Waals surface area contributed by atoms with E-state index in [-0.39, 0.29) is 16.6 Å². The molecule has 0 radical (unpaired) electrons. The average Bonchev–Trinajstić information content (AvgIpc) is 2.71. The van der Waals surface area contributed by atoms with Crippen LogP contribution in [0.3, 0.4) is 0 Å². The van der Waals surface area contributed by atoms with Crippen LogP contribution in [-0.4, -0.2) is 42.0 Å². The number of para-hydroxylation sites is 1. The van der Waals surface area contributed by atoms with Crippen molar-refractivity contribution in [3.05, 3.63) is 64.5 Å². The molecule has 0 unspecified atom stereocenters. The summed E-state index contributed by atoms with van der Waals surface area (Å²) >= 11 is 0. The van der Waals surface area contributed by atoms with E-state index in [1.165, 1.54) is 4.57 Å². The van der Waals surface area contributed by atoms with Gasteiger partial charge in [-0.05, 0) is 18.2 Å². The molecule has 1 aliphatic rings. The fourth-order valence-corrected chi connectivity index (χ4v) is 3.52. The standard InChI is InChI=1S/C20H17F2N3O4/c21-14-10-13-17(16(22)18(14)24-8-6-23-7-9-24)25(12-4-2-1-3-5-12)11-15(19(13)26)29-20(27)28/h1-5,10-11,23H,6-9H2,(H,27,28). The van der Waals surface area contributed by atoms with E-state index in [1.807, 2.05) is 0 Å². The van der Waals surface area contributed by atoms with E-state index in [0.717, 1.165) is 12.3 Å². The molecule has 1 fully saturated rings. The van der Waals surface area contributed by atoms with Crippen LogP contribution in [-0.2, 0) is 0 Å². The topological polar surface area (TPSA) is 83.8 Å². The van der Waals surface area contributed by atoms with Crippen LogP contribution < -0.4 is 20.4 Å². The summed E-state index contributed by atoms with van der Waals surface area (Å²) in [5.74, 6) is -2.31. The summed E-state index contributed by atoms with van der Waals surface area (Å²) in [6, 6.07) is 9.41.